The van der Waals surface area contributed by atoms with E-state index in [2.05, 4.69) is 31.1 Å². The van der Waals surface area contributed by atoms with Crippen molar-refractivity contribution in [3.8, 4) is 0 Å². The van der Waals surface area contributed by atoms with E-state index in [0.29, 0.717) is 5.69 Å². The standard InChI is InChI=1S/C19H22BrN3O/c1-14-6-7-17(16(20)12-14)22-19(24)18-13-15(8-9-21-18)23-10-4-2-3-5-11-23/h6-9,12-13H,2-5,10-11H2,1H3,(H,22,24). The molecule has 1 aliphatic rings. The smallest absolute Gasteiger partial charge is 0.274 e. The normalized spacial score (nSPS) is 15.0. The topological polar surface area (TPSA) is 45.2 Å². The molecule has 1 amide bonds. The first-order chi connectivity index (χ1) is 11.6. The van der Waals surface area contributed by atoms with Gasteiger partial charge in [0.05, 0.1) is 5.69 Å². The van der Waals surface area contributed by atoms with Crippen molar-refractivity contribution in [3.05, 3.63) is 52.3 Å². The van der Waals surface area contributed by atoms with Crippen LogP contribution in [0.5, 0.6) is 0 Å². The van der Waals surface area contributed by atoms with Crippen molar-refractivity contribution >= 4 is 33.2 Å². The lowest BCUT2D eigenvalue weighted by atomic mass is 10.2. The molecule has 0 saturated carbocycles. The molecule has 24 heavy (non-hydrogen) atoms. The lowest BCUT2D eigenvalue weighted by molar-refractivity contribution is 0.102. The first kappa shape index (κ1) is 17.0. The number of anilines is 2. The number of carbonyl (C=O) groups excluding carboxylic acids is 1. The maximum atomic E-state index is 12.5. The van der Waals surface area contributed by atoms with Crippen LogP contribution in [0.1, 0.15) is 41.7 Å². The van der Waals surface area contributed by atoms with Crippen LogP contribution < -0.4 is 10.2 Å². The summed E-state index contributed by atoms with van der Waals surface area (Å²) in [5.74, 6) is -0.184. The summed E-state index contributed by atoms with van der Waals surface area (Å²) >= 11 is 3.49. The first-order valence-electron chi connectivity index (χ1n) is 8.42. The van der Waals surface area contributed by atoms with E-state index in [-0.39, 0.29) is 5.91 Å². The number of aryl methyl sites for hydroxylation is 1. The molecule has 126 valence electrons. The van der Waals surface area contributed by atoms with Gasteiger partial charge in [0.1, 0.15) is 5.69 Å². The summed E-state index contributed by atoms with van der Waals surface area (Å²) in [6, 6.07) is 9.74. The molecule has 1 N–H and O–H groups in total. The maximum Gasteiger partial charge on any atom is 0.274 e. The highest BCUT2D eigenvalue weighted by molar-refractivity contribution is 9.10. The summed E-state index contributed by atoms with van der Waals surface area (Å²) in [4.78, 5) is 19.1. The molecule has 0 radical (unpaired) electrons. The van der Waals surface area contributed by atoms with E-state index < -0.39 is 0 Å². The fourth-order valence-corrected chi connectivity index (χ4v) is 3.57. The van der Waals surface area contributed by atoms with E-state index in [1.165, 1.54) is 25.7 Å². The van der Waals surface area contributed by atoms with Crippen molar-refractivity contribution in [2.75, 3.05) is 23.3 Å². The average Bonchev–Trinajstić information content (AvgIpc) is 2.87. The van der Waals surface area contributed by atoms with Crippen LogP contribution in [0.4, 0.5) is 11.4 Å². The molecular weight excluding hydrogens is 366 g/mol. The molecule has 0 aliphatic carbocycles. The van der Waals surface area contributed by atoms with Crippen LogP contribution in [0, 0.1) is 6.92 Å². The van der Waals surface area contributed by atoms with E-state index in [1.54, 1.807) is 6.20 Å². The molecule has 1 fully saturated rings. The third-order valence-electron chi connectivity index (χ3n) is 4.32. The molecular formula is C19H22BrN3O. The number of carbonyl (C=O) groups is 1. The van der Waals surface area contributed by atoms with E-state index in [4.69, 9.17) is 0 Å². The van der Waals surface area contributed by atoms with E-state index in [0.717, 1.165) is 34.5 Å². The van der Waals surface area contributed by atoms with Crippen LogP contribution in [0.3, 0.4) is 0 Å². The SMILES string of the molecule is Cc1ccc(NC(=O)c2cc(N3CCCCCC3)ccn2)c(Br)c1. The molecule has 1 saturated heterocycles. The molecule has 0 spiro atoms. The van der Waals surface area contributed by atoms with Crippen molar-refractivity contribution in [1.82, 2.24) is 4.98 Å². The van der Waals surface area contributed by atoms with Gasteiger partial charge in [0.15, 0.2) is 0 Å². The van der Waals surface area contributed by atoms with Crippen molar-refractivity contribution < 1.29 is 4.79 Å². The number of amides is 1. The molecule has 0 atom stereocenters. The number of nitrogens with one attached hydrogen (secondary N) is 1. The van der Waals surface area contributed by atoms with Gasteiger partial charge in [0.25, 0.3) is 5.91 Å². The molecule has 2 heterocycles. The number of aromatic nitrogens is 1. The largest absolute Gasteiger partial charge is 0.371 e. The highest BCUT2D eigenvalue weighted by Gasteiger charge is 2.14. The minimum absolute atomic E-state index is 0.184. The third kappa shape index (κ3) is 4.15. The molecule has 2 aromatic rings. The van der Waals surface area contributed by atoms with Gasteiger partial charge < -0.3 is 10.2 Å². The minimum atomic E-state index is -0.184. The number of hydrogen-bond donors (Lipinski definition) is 1. The summed E-state index contributed by atoms with van der Waals surface area (Å²) in [6.07, 6.45) is 6.71. The molecule has 5 heteroatoms. The van der Waals surface area contributed by atoms with Gasteiger partial charge in [0.2, 0.25) is 0 Å². The number of benzene rings is 1. The Hall–Kier alpha value is -1.88. The monoisotopic (exact) mass is 387 g/mol. The van der Waals surface area contributed by atoms with Crippen LogP contribution in [-0.2, 0) is 0 Å². The van der Waals surface area contributed by atoms with Crippen LogP contribution in [0.15, 0.2) is 41.0 Å². The second-order valence-electron chi connectivity index (χ2n) is 6.24. The van der Waals surface area contributed by atoms with Crippen molar-refractivity contribution in [3.63, 3.8) is 0 Å². The van der Waals surface area contributed by atoms with Crippen molar-refractivity contribution in [2.45, 2.75) is 32.6 Å². The summed E-state index contributed by atoms with van der Waals surface area (Å²) in [6.45, 7) is 4.12. The van der Waals surface area contributed by atoms with Gasteiger partial charge >= 0.3 is 0 Å². The second kappa shape index (κ2) is 7.79. The van der Waals surface area contributed by atoms with Crippen LogP contribution in [0.25, 0.3) is 0 Å². The Morgan fingerprint density at radius 1 is 1.12 bits per heavy atom. The average molecular weight is 388 g/mol. The van der Waals surface area contributed by atoms with Gasteiger partial charge in [-0.3, -0.25) is 9.78 Å². The van der Waals surface area contributed by atoms with Gasteiger partial charge in [-0.1, -0.05) is 18.9 Å². The van der Waals surface area contributed by atoms with Gasteiger partial charge in [-0.15, -0.1) is 0 Å². The lowest BCUT2D eigenvalue weighted by Crippen LogP contribution is -2.24. The fourth-order valence-electron chi connectivity index (χ4n) is 2.98. The Morgan fingerprint density at radius 2 is 1.88 bits per heavy atom. The van der Waals surface area contributed by atoms with E-state index in [9.17, 15) is 4.79 Å². The molecule has 4 nitrogen and oxygen atoms in total. The molecule has 1 aromatic heterocycles. The molecule has 1 aromatic carbocycles. The van der Waals surface area contributed by atoms with Crippen LogP contribution >= 0.6 is 15.9 Å². The number of rotatable bonds is 3. The van der Waals surface area contributed by atoms with E-state index in [1.807, 2.05) is 37.3 Å². The van der Waals surface area contributed by atoms with E-state index >= 15 is 0 Å². The Morgan fingerprint density at radius 3 is 2.58 bits per heavy atom. The van der Waals surface area contributed by atoms with Crippen LogP contribution in [-0.4, -0.2) is 24.0 Å². The minimum Gasteiger partial charge on any atom is -0.371 e. The zero-order valence-corrected chi connectivity index (χ0v) is 15.5. The van der Waals surface area contributed by atoms with Crippen molar-refractivity contribution in [1.29, 1.82) is 0 Å². The molecule has 0 unspecified atom stereocenters. The number of pyridine rings is 1. The molecule has 0 bridgehead atoms. The maximum absolute atomic E-state index is 12.5. The number of hydrogen-bond acceptors (Lipinski definition) is 3. The Kier molecular flexibility index (Phi) is 5.51. The van der Waals surface area contributed by atoms with Crippen molar-refractivity contribution in [2.24, 2.45) is 0 Å². The highest BCUT2D eigenvalue weighted by Crippen LogP contribution is 2.24. The lowest BCUT2D eigenvalue weighted by Gasteiger charge is -2.22. The van der Waals surface area contributed by atoms with Gasteiger partial charge in [0, 0.05) is 29.4 Å². The summed E-state index contributed by atoms with van der Waals surface area (Å²) in [5, 5.41) is 2.93. The Balaban J connectivity index is 1.76. The summed E-state index contributed by atoms with van der Waals surface area (Å²) in [5.41, 5.74) is 3.43. The van der Waals surface area contributed by atoms with Crippen LogP contribution in [0.2, 0.25) is 0 Å². The third-order valence-corrected chi connectivity index (χ3v) is 4.98. The highest BCUT2D eigenvalue weighted by atomic mass is 79.9. The molecule has 1 aliphatic heterocycles. The number of halogens is 1. The van der Waals surface area contributed by atoms with Gasteiger partial charge in [-0.2, -0.15) is 0 Å². The van der Waals surface area contributed by atoms with Gasteiger partial charge in [-0.25, -0.2) is 0 Å². The summed E-state index contributed by atoms with van der Waals surface area (Å²) < 4.78 is 0.875. The quantitative estimate of drug-likeness (QED) is 0.823. The Bertz CT molecular complexity index is 724. The predicted octanol–water partition coefficient (Wildman–Crippen LogP) is 4.79. The molecule has 3 rings (SSSR count). The zero-order chi connectivity index (χ0) is 16.9. The fraction of sp³-hybridized carbons (Fsp3) is 0.368. The predicted molar refractivity (Wildman–Crippen MR) is 102 cm³/mol. The first-order valence-corrected chi connectivity index (χ1v) is 9.21. The second-order valence-corrected chi connectivity index (χ2v) is 7.09. The Labute approximate surface area is 151 Å². The zero-order valence-electron chi connectivity index (χ0n) is 13.9. The summed E-state index contributed by atoms with van der Waals surface area (Å²) in [7, 11) is 0. The number of nitrogens with zero attached hydrogens (tertiary/aromatic N) is 2. The van der Waals surface area contributed by atoms with Gasteiger partial charge in [-0.05, 0) is 65.5 Å².